The smallest absolute Gasteiger partial charge is 0.154 e. The third kappa shape index (κ3) is 3.06. The van der Waals surface area contributed by atoms with Crippen molar-refractivity contribution in [2.24, 2.45) is 17.7 Å². The number of rotatable bonds is 3. The van der Waals surface area contributed by atoms with Gasteiger partial charge in [-0.05, 0) is 37.5 Å². The van der Waals surface area contributed by atoms with Crippen molar-refractivity contribution in [1.82, 2.24) is 5.43 Å². The van der Waals surface area contributed by atoms with Crippen LogP contribution < -0.4 is 11.3 Å². The van der Waals surface area contributed by atoms with Crippen LogP contribution in [-0.4, -0.2) is 25.5 Å². The molecule has 1 aliphatic heterocycles. The molecular formula is C13H26N2O2S. The Labute approximate surface area is 111 Å². The van der Waals surface area contributed by atoms with Crippen molar-refractivity contribution in [3.63, 3.8) is 0 Å². The molecular weight excluding hydrogens is 248 g/mol. The first-order valence-electron chi connectivity index (χ1n) is 7.22. The van der Waals surface area contributed by atoms with Crippen molar-refractivity contribution in [3.8, 4) is 0 Å². The van der Waals surface area contributed by atoms with Crippen molar-refractivity contribution in [2.75, 3.05) is 5.75 Å². The Hall–Kier alpha value is -0.130. The third-order valence-electron chi connectivity index (χ3n) is 4.79. The summed E-state index contributed by atoms with van der Waals surface area (Å²) in [4.78, 5) is 0. The van der Waals surface area contributed by atoms with Gasteiger partial charge in [0, 0.05) is 6.04 Å². The Bertz CT molecular complexity index is 361. The first-order valence-corrected chi connectivity index (χ1v) is 8.94. The second-order valence-corrected chi connectivity index (χ2v) is 8.45. The van der Waals surface area contributed by atoms with E-state index in [4.69, 9.17) is 5.84 Å². The van der Waals surface area contributed by atoms with Crippen LogP contribution in [0.15, 0.2) is 0 Å². The highest BCUT2D eigenvalue weighted by Crippen LogP contribution is 2.35. The summed E-state index contributed by atoms with van der Waals surface area (Å²) in [6, 6.07) is -0.0391. The summed E-state index contributed by atoms with van der Waals surface area (Å²) in [6.45, 7) is 2.28. The van der Waals surface area contributed by atoms with E-state index >= 15 is 0 Å². The van der Waals surface area contributed by atoms with Crippen LogP contribution >= 0.6 is 0 Å². The van der Waals surface area contributed by atoms with E-state index in [2.05, 4.69) is 12.3 Å². The van der Waals surface area contributed by atoms with E-state index in [1.165, 1.54) is 12.8 Å². The molecule has 1 saturated carbocycles. The molecule has 0 aromatic heterocycles. The van der Waals surface area contributed by atoms with Crippen molar-refractivity contribution in [1.29, 1.82) is 0 Å². The summed E-state index contributed by atoms with van der Waals surface area (Å²) in [6.07, 6.45) is 7.25. The lowest BCUT2D eigenvalue weighted by molar-refractivity contribution is 0.220. The maximum Gasteiger partial charge on any atom is 0.154 e. The molecule has 2 rings (SSSR count). The van der Waals surface area contributed by atoms with E-state index < -0.39 is 9.84 Å². The molecule has 0 radical (unpaired) electrons. The summed E-state index contributed by atoms with van der Waals surface area (Å²) in [7, 11) is -2.94. The molecule has 1 aliphatic carbocycles. The van der Waals surface area contributed by atoms with E-state index in [0.717, 1.165) is 38.0 Å². The van der Waals surface area contributed by atoms with Gasteiger partial charge in [0.15, 0.2) is 9.84 Å². The maximum absolute atomic E-state index is 12.2. The lowest BCUT2D eigenvalue weighted by atomic mass is 9.78. The van der Waals surface area contributed by atoms with Gasteiger partial charge in [0.05, 0.1) is 11.0 Å². The van der Waals surface area contributed by atoms with Gasteiger partial charge >= 0.3 is 0 Å². The first-order chi connectivity index (χ1) is 8.54. The second kappa shape index (κ2) is 5.88. The topological polar surface area (TPSA) is 72.2 Å². The highest BCUT2D eigenvalue weighted by Gasteiger charge is 2.39. The summed E-state index contributed by atoms with van der Waals surface area (Å²) in [5.41, 5.74) is 2.83. The van der Waals surface area contributed by atoms with Gasteiger partial charge in [0.2, 0.25) is 0 Å². The van der Waals surface area contributed by atoms with Crippen LogP contribution in [0.3, 0.4) is 0 Å². The zero-order chi connectivity index (χ0) is 13.2. The summed E-state index contributed by atoms with van der Waals surface area (Å²) < 4.78 is 24.4. The van der Waals surface area contributed by atoms with Crippen LogP contribution in [0, 0.1) is 11.8 Å². The molecule has 18 heavy (non-hydrogen) atoms. The quantitative estimate of drug-likeness (QED) is 0.606. The Morgan fingerprint density at radius 1 is 1.11 bits per heavy atom. The Balaban J connectivity index is 2.07. The molecule has 0 aromatic carbocycles. The normalized spacial score (nSPS) is 38.2. The van der Waals surface area contributed by atoms with Crippen LogP contribution in [0.4, 0.5) is 0 Å². The SMILES string of the molecule is CC1CCC(C(NN)C2CCCCS2(=O)=O)CC1. The molecule has 1 saturated heterocycles. The van der Waals surface area contributed by atoms with Gasteiger partial charge in [0.1, 0.15) is 0 Å². The molecule has 0 spiro atoms. The van der Waals surface area contributed by atoms with Gasteiger partial charge in [-0.15, -0.1) is 0 Å². The van der Waals surface area contributed by atoms with Gasteiger partial charge in [-0.1, -0.05) is 26.2 Å². The molecule has 0 amide bonds. The molecule has 0 aromatic rings. The van der Waals surface area contributed by atoms with E-state index in [9.17, 15) is 8.42 Å². The summed E-state index contributed by atoms with van der Waals surface area (Å²) in [5, 5.41) is -0.255. The Morgan fingerprint density at radius 3 is 2.33 bits per heavy atom. The summed E-state index contributed by atoms with van der Waals surface area (Å²) in [5.74, 6) is 7.24. The number of hydrazine groups is 1. The fourth-order valence-corrected chi connectivity index (χ4v) is 5.76. The van der Waals surface area contributed by atoms with Gasteiger partial charge in [0.25, 0.3) is 0 Å². The number of sulfone groups is 1. The Morgan fingerprint density at radius 2 is 1.78 bits per heavy atom. The average Bonchev–Trinajstić information content (AvgIpc) is 2.34. The van der Waals surface area contributed by atoms with Gasteiger partial charge in [-0.2, -0.15) is 0 Å². The van der Waals surface area contributed by atoms with Gasteiger partial charge in [-0.25, -0.2) is 8.42 Å². The minimum absolute atomic E-state index is 0.0391. The lowest BCUT2D eigenvalue weighted by Gasteiger charge is -2.38. The van der Waals surface area contributed by atoms with E-state index in [-0.39, 0.29) is 11.3 Å². The number of nitrogens with two attached hydrogens (primary N) is 1. The highest BCUT2D eigenvalue weighted by atomic mass is 32.2. The number of hydrogen-bond donors (Lipinski definition) is 2. The minimum atomic E-state index is -2.94. The molecule has 0 bridgehead atoms. The first kappa shape index (κ1) is 14.3. The largest absolute Gasteiger partial charge is 0.271 e. The molecule has 5 heteroatoms. The van der Waals surface area contributed by atoms with Crippen molar-refractivity contribution in [3.05, 3.63) is 0 Å². The van der Waals surface area contributed by atoms with E-state index in [1.807, 2.05) is 0 Å². The number of hydrogen-bond acceptors (Lipinski definition) is 4. The van der Waals surface area contributed by atoms with Crippen LogP contribution in [0.5, 0.6) is 0 Å². The third-order valence-corrected chi connectivity index (χ3v) is 7.10. The maximum atomic E-state index is 12.2. The van der Waals surface area contributed by atoms with Crippen LogP contribution in [-0.2, 0) is 9.84 Å². The molecule has 2 atom stereocenters. The molecule has 2 unspecified atom stereocenters. The second-order valence-electron chi connectivity index (χ2n) is 6.11. The average molecular weight is 274 g/mol. The minimum Gasteiger partial charge on any atom is -0.271 e. The monoisotopic (exact) mass is 274 g/mol. The fraction of sp³-hybridized carbons (Fsp3) is 1.00. The fourth-order valence-electron chi connectivity index (χ4n) is 3.57. The van der Waals surface area contributed by atoms with Crippen LogP contribution in [0.25, 0.3) is 0 Å². The molecule has 4 nitrogen and oxygen atoms in total. The van der Waals surface area contributed by atoms with Crippen molar-refractivity contribution in [2.45, 2.75) is 63.2 Å². The van der Waals surface area contributed by atoms with Crippen LogP contribution in [0.1, 0.15) is 51.9 Å². The predicted octanol–water partition coefficient (Wildman–Crippen LogP) is 1.61. The molecule has 3 N–H and O–H groups in total. The van der Waals surface area contributed by atoms with Crippen LogP contribution in [0.2, 0.25) is 0 Å². The van der Waals surface area contributed by atoms with Gasteiger partial charge < -0.3 is 0 Å². The molecule has 106 valence electrons. The number of nitrogens with one attached hydrogen (secondary N) is 1. The Kier molecular flexibility index (Phi) is 4.67. The van der Waals surface area contributed by atoms with Crippen molar-refractivity contribution >= 4 is 9.84 Å². The summed E-state index contributed by atoms with van der Waals surface area (Å²) >= 11 is 0. The predicted molar refractivity (Wildman–Crippen MR) is 73.7 cm³/mol. The van der Waals surface area contributed by atoms with E-state index in [1.54, 1.807) is 0 Å². The standard InChI is InChI=1S/C13H26N2O2S/c1-10-5-7-11(8-6-10)13(15-14)12-4-2-3-9-18(12,16)17/h10-13,15H,2-9,14H2,1H3. The lowest BCUT2D eigenvalue weighted by Crippen LogP contribution is -2.53. The molecule has 2 aliphatic rings. The molecule has 2 fully saturated rings. The zero-order valence-corrected chi connectivity index (χ0v) is 12.1. The van der Waals surface area contributed by atoms with E-state index in [0.29, 0.717) is 11.7 Å². The molecule has 1 heterocycles. The highest BCUT2D eigenvalue weighted by molar-refractivity contribution is 7.92. The van der Waals surface area contributed by atoms with Gasteiger partial charge in [-0.3, -0.25) is 11.3 Å². The van der Waals surface area contributed by atoms with Crippen molar-refractivity contribution < 1.29 is 8.42 Å². The zero-order valence-electron chi connectivity index (χ0n) is 11.3.